The predicted molar refractivity (Wildman–Crippen MR) is 82.2 cm³/mol. The summed E-state index contributed by atoms with van der Waals surface area (Å²) in [5, 5.41) is 9.13. The van der Waals surface area contributed by atoms with Gasteiger partial charge >= 0.3 is 0 Å². The van der Waals surface area contributed by atoms with Crippen LogP contribution in [0.3, 0.4) is 0 Å². The van der Waals surface area contributed by atoms with Gasteiger partial charge in [-0.25, -0.2) is 0 Å². The molecule has 1 aliphatic heterocycles. The number of likely N-dealkylation sites (N-methyl/N-ethyl adjacent to an activating group) is 1. The first-order valence-electron chi connectivity index (χ1n) is 6.90. The van der Waals surface area contributed by atoms with Crippen LogP contribution < -0.4 is 0 Å². The smallest absolute Gasteiger partial charge is 0.236 e. The highest BCUT2D eigenvalue weighted by Gasteiger charge is 2.24. The zero-order valence-electron chi connectivity index (χ0n) is 11.8. The van der Waals surface area contributed by atoms with Gasteiger partial charge in [-0.15, -0.1) is 0 Å². The molecule has 1 amide bonds. The molecule has 0 bridgehead atoms. The first-order valence-corrected chi connectivity index (χ1v) is 7.70. The maximum Gasteiger partial charge on any atom is 0.236 e. The van der Waals surface area contributed by atoms with E-state index in [4.69, 9.17) is 5.11 Å². The van der Waals surface area contributed by atoms with Gasteiger partial charge in [0.2, 0.25) is 5.91 Å². The van der Waals surface area contributed by atoms with Gasteiger partial charge in [0, 0.05) is 31.2 Å². The molecule has 1 heterocycles. The molecule has 0 aromatic heterocycles. The number of likely N-dealkylation sites (tertiary alicyclic amines) is 1. The van der Waals surface area contributed by atoms with Crippen LogP contribution in [-0.4, -0.2) is 54.1 Å². The normalized spacial score (nSPS) is 19.2. The summed E-state index contributed by atoms with van der Waals surface area (Å²) in [6, 6.07) is 7.95. The summed E-state index contributed by atoms with van der Waals surface area (Å²) >= 11 is 3.50. The van der Waals surface area contributed by atoms with Gasteiger partial charge in [0.15, 0.2) is 0 Å². The van der Waals surface area contributed by atoms with Crippen molar-refractivity contribution in [3.8, 4) is 0 Å². The highest BCUT2D eigenvalue weighted by molar-refractivity contribution is 9.10. The van der Waals surface area contributed by atoms with E-state index in [1.165, 1.54) is 0 Å². The van der Waals surface area contributed by atoms with Crippen molar-refractivity contribution in [2.24, 2.45) is 5.92 Å². The molecule has 2 rings (SSSR count). The lowest BCUT2D eigenvalue weighted by atomic mass is 10.1. The highest BCUT2D eigenvalue weighted by atomic mass is 79.9. The van der Waals surface area contributed by atoms with E-state index in [1.54, 1.807) is 4.90 Å². The molecule has 1 aromatic rings. The number of rotatable bonds is 5. The third kappa shape index (κ3) is 4.04. The molecule has 1 aromatic carbocycles. The Morgan fingerprint density at radius 1 is 1.50 bits per heavy atom. The molecule has 1 atom stereocenters. The Kier molecular flexibility index (Phi) is 5.57. The minimum Gasteiger partial charge on any atom is -0.396 e. The molecule has 0 aliphatic carbocycles. The lowest BCUT2D eigenvalue weighted by molar-refractivity contribution is -0.131. The highest BCUT2D eigenvalue weighted by Crippen LogP contribution is 2.18. The second-order valence-corrected chi connectivity index (χ2v) is 6.27. The molecule has 0 saturated carbocycles. The van der Waals surface area contributed by atoms with Gasteiger partial charge < -0.3 is 10.0 Å². The molecule has 1 saturated heterocycles. The first-order chi connectivity index (χ1) is 9.60. The molecule has 1 fully saturated rings. The molecule has 0 radical (unpaired) electrons. The zero-order valence-corrected chi connectivity index (χ0v) is 13.3. The topological polar surface area (TPSA) is 43.8 Å². The molecule has 4 nitrogen and oxygen atoms in total. The Morgan fingerprint density at radius 2 is 2.25 bits per heavy atom. The van der Waals surface area contributed by atoms with Gasteiger partial charge in [-0.3, -0.25) is 9.69 Å². The van der Waals surface area contributed by atoms with Crippen LogP contribution in [0.5, 0.6) is 0 Å². The molecular formula is C15H21BrN2O2. The van der Waals surface area contributed by atoms with Crippen molar-refractivity contribution in [3.63, 3.8) is 0 Å². The number of hydrogen-bond donors (Lipinski definition) is 1. The largest absolute Gasteiger partial charge is 0.396 e. The van der Waals surface area contributed by atoms with Gasteiger partial charge in [-0.1, -0.05) is 34.1 Å². The van der Waals surface area contributed by atoms with Crippen LogP contribution in [-0.2, 0) is 11.3 Å². The molecule has 1 N–H and O–H groups in total. The number of nitrogens with zero attached hydrogens (tertiary/aromatic N) is 2. The van der Waals surface area contributed by atoms with Crippen LogP contribution in [0.15, 0.2) is 28.7 Å². The van der Waals surface area contributed by atoms with Gasteiger partial charge in [-0.05, 0) is 30.5 Å². The summed E-state index contributed by atoms with van der Waals surface area (Å²) in [6.07, 6.45) is 0.984. The minimum atomic E-state index is 0.124. The second kappa shape index (κ2) is 7.20. The van der Waals surface area contributed by atoms with Crippen LogP contribution in [0.25, 0.3) is 0 Å². The van der Waals surface area contributed by atoms with Crippen LogP contribution >= 0.6 is 15.9 Å². The third-order valence-electron chi connectivity index (χ3n) is 3.78. The molecule has 1 aliphatic rings. The van der Waals surface area contributed by atoms with Gasteiger partial charge in [0.1, 0.15) is 0 Å². The van der Waals surface area contributed by atoms with Crippen molar-refractivity contribution >= 4 is 21.8 Å². The summed E-state index contributed by atoms with van der Waals surface area (Å²) in [5.74, 6) is 0.454. The Bertz CT molecular complexity index is 467. The van der Waals surface area contributed by atoms with Crippen LogP contribution in [0.2, 0.25) is 0 Å². The summed E-state index contributed by atoms with van der Waals surface area (Å²) < 4.78 is 1.03. The summed E-state index contributed by atoms with van der Waals surface area (Å²) in [7, 11) is 1.83. The maximum atomic E-state index is 12.2. The molecule has 5 heteroatoms. The maximum absolute atomic E-state index is 12.2. The number of aliphatic hydroxyl groups excluding tert-OH is 1. The summed E-state index contributed by atoms with van der Waals surface area (Å²) in [5.41, 5.74) is 1.11. The summed E-state index contributed by atoms with van der Waals surface area (Å²) in [4.78, 5) is 16.1. The Hall–Kier alpha value is -0.910. The molecule has 110 valence electrons. The van der Waals surface area contributed by atoms with Crippen molar-refractivity contribution in [1.82, 2.24) is 9.80 Å². The number of carbonyl (C=O) groups excluding carboxylic acids is 1. The van der Waals surface area contributed by atoms with Crippen LogP contribution in [0, 0.1) is 5.92 Å². The average molecular weight is 341 g/mol. The molecule has 0 spiro atoms. The lowest BCUT2D eigenvalue weighted by Gasteiger charge is -2.22. The van der Waals surface area contributed by atoms with E-state index in [-0.39, 0.29) is 12.5 Å². The van der Waals surface area contributed by atoms with E-state index in [2.05, 4.69) is 20.8 Å². The van der Waals surface area contributed by atoms with Crippen LogP contribution in [0.1, 0.15) is 12.0 Å². The number of aliphatic hydroxyl groups is 1. The number of hydrogen-bond acceptors (Lipinski definition) is 3. The lowest BCUT2D eigenvalue weighted by Crippen LogP contribution is -2.37. The Morgan fingerprint density at radius 3 is 2.90 bits per heavy atom. The fourth-order valence-electron chi connectivity index (χ4n) is 2.49. The Balaban J connectivity index is 1.85. The minimum absolute atomic E-state index is 0.124. The number of halogens is 1. The second-order valence-electron chi connectivity index (χ2n) is 5.41. The standard InChI is InChI=1S/C15H21BrN2O2/c1-17(9-13-4-2-3-5-14(13)16)15(20)10-18-7-6-12(8-18)11-19/h2-5,12,19H,6-11H2,1H3. The van der Waals surface area contributed by atoms with E-state index >= 15 is 0 Å². The van der Waals surface area contributed by atoms with Crippen molar-refractivity contribution in [1.29, 1.82) is 0 Å². The molecule has 1 unspecified atom stereocenters. The van der Waals surface area contributed by atoms with Crippen molar-refractivity contribution in [2.45, 2.75) is 13.0 Å². The van der Waals surface area contributed by atoms with E-state index in [1.807, 2.05) is 31.3 Å². The van der Waals surface area contributed by atoms with Gasteiger partial charge in [0.05, 0.1) is 6.54 Å². The fraction of sp³-hybridized carbons (Fsp3) is 0.533. The average Bonchev–Trinajstić information content (AvgIpc) is 2.89. The fourth-order valence-corrected chi connectivity index (χ4v) is 2.90. The van der Waals surface area contributed by atoms with E-state index in [9.17, 15) is 4.79 Å². The van der Waals surface area contributed by atoms with E-state index in [0.29, 0.717) is 19.0 Å². The number of amides is 1. The van der Waals surface area contributed by atoms with Crippen molar-refractivity contribution < 1.29 is 9.90 Å². The SMILES string of the molecule is CN(Cc1ccccc1Br)C(=O)CN1CCC(CO)C1. The van der Waals surface area contributed by atoms with Crippen LogP contribution in [0.4, 0.5) is 0 Å². The molecule has 20 heavy (non-hydrogen) atoms. The molecular weight excluding hydrogens is 320 g/mol. The number of carbonyl (C=O) groups is 1. The zero-order chi connectivity index (χ0) is 14.5. The van der Waals surface area contributed by atoms with E-state index < -0.39 is 0 Å². The Labute approximate surface area is 128 Å². The van der Waals surface area contributed by atoms with E-state index in [0.717, 1.165) is 29.5 Å². The third-order valence-corrected chi connectivity index (χ3v) is 4.55. The van der Waals surface area contributed by atoms with Crippen molar-refractivity contribution in [2.75, 3.05) is 33.3 Å². The van der Waals surface area contributed by atoms with Gasteiger partial charge in [-0.2, -0.15) is 0 Å². The first kappa shape index (κ1) is 15.5. The number of benzene rings is 1. The monoisotopic (exact) mass is 340 g/mol. The quantitative estimate of drug-likeness (QED) is 0.887. The predicted octanol–water partition coefficient (Wildman–Crippen LogP) is 1.72. The van der Waals surface area contributed by atoms with Gasteiger partial charge in [0.25, 0.3) is 0 Å². The summed E-state index contributed by atoms with van der Waals surface area (Å²) in [6.45, 7) is 3.00. The van der Waals surface area contributed by atoms with Crippen molar-refractivity contribution in [3.05, 3.63) is 34.3 Å².